The number of carbonyl (C=O) groups excluding carboxylic acids is 1. The van der Waals surface area contributed by atoms with Gasteiger partial charge in [-0.1, -0.05) is 48.0 Å². The van der Waals surface area contributed by atoms with Crippen LogP contribution in [0, 0.1) is 0 Å². The highest BCUT2D eigenvalue weighted by Crippen LogP contribution is 2.33. The van der Waals surface area contributed by atoms with Crippen molar-refractivity contribution in [2.75, 3.05) is 18.0 Å². The van der Waals surface area contributed by atoms with Crippen molar-refractivity contribution in [2.45, 2.75) is 30.4 Å². The fraction of sp³-hybridized carbons (Fsp3) is 0.261. The van der Waals surface area contributed by atoms with Crippen molar-refractivity contribution >= 4 is 44.2 Å². The molecule has 6 nitrogen and oxygen atoms in total. The number of carbonyl (C=O) groups is 1. The lowest BCUT2D eigenvalue weighted by molar-refractivity contribution is 0.136. The van der Waals surface area contributed by atoms with Gasteiger partial charge >= 0.3 is 6.09 Å². The number of para-hydroxylation sites is 1. The van der Waals surface area contributed by atoms with Crippen molar-refractivity contribution in [3.05, 3.63) is 71.2 Å². The van der Waals surface area contributed by atoms with Crippen molar-refractivity contribution in [1.29, 1.82) is 0 Å². The Kier molecular flexibility index (Phi) is 5.12. The fourth-order valence-corrected chi connectivity index (χ4v) is 6.14. The van der Waals surface area contributed by atoms with Crippen LogP contribution in [-0.2, 0) is 21.4 Å². The zero-order valence-corrected chi connectivity index (χ0v) is 18.3. The van der Waals surface area contributed by atoms with Crippen LogP contribution in [0.3, 0.4) is 0 Å². The van der Waals surface area contributed by atoms with Gasteiger partial charge in [0.15, 0.2) is 0 Å². The number of cyclic esters (lactones) is 1. The summed E-state index contributed by atoms with van der Waals surface area (Å²) in [5, 5.41) is 2.20. The highest BCUT2D eigenvalue weighted by Gasteiger charge is 2.37. The van der Waals surface area contributed by atoms with Gasteiger partial charge in [0, 0.05) is 35.1 Å². The van der Waals surface area contributed by atoms with Crippen LogP contribution >= 0.6 is 11.6 Å². The average molecular weight is 457 g/mol. The van der Waals surface area contributed by atoms with Gasteiger partial charge in [0.2, 0.25) is 10.0 Å². The smallest absolute Gasteiger partial charge is 0.414 e. The minimum Gasteiger partial charge on any atom is -0.444 e. The normalized spacial score (nSPS) is 18.1. The summed E-state index contributed by atoms with van der Waals surface area (Å²) in [6, 6.07) is 18.0. The molecule has 0 atom stereocenters. The predicted molar refractivity (Wildman–Crippen MR) is 120 cm³/mol. The van der Waals surface area contributed by atoms with E-state index < -0.39 is 10.0 Å². The Labute approximate surface area is 186 Å². The topological polar surface area (TPSA) is 66.9 Å². The van der Waals surface area contributed by atoms with Crippen molar-refractivity contribution in [2.24, 2.45) is 0 Å². The Morgan fingerprint density at radius 2 is 1.74 bits per heavy atom. The van der Waals surface area contributed by atoms with Crippen LogP contribution in [0.1, 0.15) is 18.4 Å². The first-order valence-electron chi connectivity index (χ1n) is 10.2. The molecule has 8 heteroatoms. The molecule has 0 aliphatic carbocycles. The van der Waals surface area contributed by atoms with Gasteiger partial charge in [0.1, 0.15) is 6.61 Å². The molecule has 160 valence electrons. The lowest BCUT2D eigenvalue weighted by Gasteiger charge is -2.39. The van der Waals surface area contributed by atoms with E-state index in [-0.39, 0.29) is 23.6 Å². The number of fused-ring (bicyclic) bond motifs is 2. The van der Waals surface area contributed by atoms with Crippen molar-refractivity contribution in [3.63, 3.8) is 0 Å². The van der Waals surface area contributed by atoms with Crippen LogP contribution in [0.25, 0.3) is 10.8 Å². The molecular formula is C23H21ClN2O4S. The summed E-state index contributed by atoms with van der Waals surface area (Å²) in [6.45, 7) is 0.948. The van der Waals surface area contributed by atoms with Crippen LogP contribution in [0.2, 0.25) is 5.02 Å². The molecule has 2 aliphatic rings. The van der Waals surface area contributed by atoms with Crippen LogP contribution in [0.5, 0.6) is 0 Å². The first-order valence-corrected chi connectivity index (χ1v) is 12.0. The second kappa shape index (κ2) is 7.82. The number of piperidine rings is 1. The van der Waals surface area contributed by atoms with E-state index in [1.807, 2.05) is 36.4 Å². The van der Waals surface area contributed by atoms with Crippen molar-refractivity contribution in [1.82, 2.24) is 4.31 Å². The molecule has 31 heavy (non-hydrogen) atoms. The maximum Gasteiger partial charge on any atom is 0.414 e. The van der Waals surface area contributed by atoms with E-state index in [1.54, 1.807) is 29.2 Å². The summed E-state index contributed by atoms with van der Waals surface area (Å²) in [7, 11) is -3.64. The van der Waals surface area contributed by atoms with E-state index in [2.05, 4.69) is 0 Å². The minimum absolute atomic E-state index is 0.101. The number of amides is 1. The molecule has 0 unspecified atom stereocenters. The van der Waals surface area contributed by atoms with Crippen LogP contribution in [0.15, 0.2) is 65.6 Å². The zero-order chi connectivity index (χ0) is 21.6. The monoisotopic (exact) mass is 456 g/mol. The largest absolute Gasteiger partial charge is 0.444 e. The molecule has 0 N–H and O–H groups in total. The van der Waals surface area contributed by atoms with Crippen molar-refractivity contribution < 1.29 is 17.9 Å². The van der Waals surface area contributed by atoms with Gasteiger partial charge in [0.05, 0.1) is 10.6 Å². The summed E-state index contributed by atoms with van der Waals surface area (Å²) in [5.41, 5.74) is 1.82. The highest BCUT2D eigenvalue weighted by atomic mass is 35.5. The Morgan fingerprint density at radius 1 is 0.968 bits per heavy atom. The first kappa shape index (κ1) is 20.3. The summed E-state index contributed by atoms with van der Waals surface area (Å²) < 4.78 is 33.3. The molecular weight excluding hydrogens is 436 g/mol. The third kappa shape index (κ3) is 3.56. The summed E-state index contributed by atoms with van der Waals surface area (Å²) in [5.74, 6) is 0. The van der Waals surface area contributed by atoms with E-state index in [0.29, 0.717) is 31.0 Å². The lowest BCUT2D eigenvalue weighted by atomic mass is 10.0. The van der Waals surface area contributed by atoms with E-state index >= 15 is 0 Å². The van der Waals surface area contributed by atoms with E-state index in [9.17, 15) is 13.2 Å². The van der Waals surface area contributed by atoms with Gasteiger partial charge in [0.25, 0.3) is 0 Å². The number of halogens is 1. The standard InChI is InChI=1S/C23H21ClN2O4S/c24-21-6-3-5-16-14-19(8-9-20(16)21)31(28,29)25-12-10-18(11-13-25)26-22-7-2-1-4-17(22)15-30-23(26)27/h1-9,14,18H,10-13,15H2. The molecule has 0 spiro atoms. The molecule has 0 saturated carbocycles. The quantitative estimate of drug-likeness (QED) is 0.567. The number of nitrogens with zero attached hydrogens (tertiary/aromatic N) is 2. The molecule has 3 aromatic carbocycles. The fourth-order valence-electron chi connectivity index (χ4n) is 4.39. The SMILES string of the molecule is O=C1OCc2ccccc2N1C1CCN(S(=O)(=O)c2ccc3c(Cl)cccc3c2)CC1. The summed E-state index contributed by atoms with van der Waals surface area (Å²) in [6.07, 6.45) is 0.718. The number of ether oxygens (including phenoxy) is 1. The molecule has 2 heterocycles. The first-order chi connectivity index (χ1) is 14.9. The van der Waals surface area contributed by atoms with Crippen LogP contribution in [0.4, 0.5) is 10.5 Å². The second-order valence-corrected chi connectivity index (χ2v) is 10.2. The van der Waals surface area contributed by atoms with E-state index in [1.165, 1.54) is 4.31 Å². The molecule has 0 bridgehead atoms. The number of rotatable bonds is 3. The Hall–Kier alpha value is -2.61. The molecule has 0 radical (unpaired) electrons. The van der Waals surface area contributed by atoms with E-state index in [4.69, 9.17) is 16.3 Å². The van der Waals surface area contributed by atoms with Crippen molar-refractivity contribution in [3.8, 4) is 0 Å². The Balaban J connectivity index is 1.36. The highest BCUT2D eigenvalue weighted by molar-refractivity contribution is 7.89. The number of benzene rings is 3. The van der Waals surface area contributed by atoms with Gasteiger partial charge in [-0.15, -0.1) is 0 Å². The molecule has 2 aliphatic heterocycles. The molecule has 1 saturated heterocycles. The van der Waals surface area contributed by atoms with Gasteiger partial charge in [-0.2, -0.15) is 4.31 Å². The summed E-state index contributed by atoms with van der Waals surface area (Å²) in [4.78, 5) is 14.4. The predicted octanol–water partition coefficient (Wildman–Crippen LogP) is 4.80. The van der Waals surface area contributed by atoms with Gasteiger partial charge in [-0.05, 0) is 42.5 Å². The van der Waals surface area contributed by atoms with Gasteiger partial charge in [-0.3, -0.25) is 4.90 Å². The third-order valence-electron chi connectivity index (χ3n) is 6.02. The Morgan fingerprint density at radius 3 is 2.55 bits per heavy atom. The third-order valence-corrected chi connectivity index (χ3v) is 8.25. The molecule has 0 aromatic heterocycles. The van der Waals surface area contributed by atoms with Crippen LogP contribution in [-0.4, -0.2) is 37.9 Å². The average Bonchev–Trinajstić information content (AvgIpc) is 2.79. The second-order valence-electron chi connectivity index (χ2n) is 7.81. The number of hydrogen-bond donors (Lipinski definition) is 0. The van der Waals surface area contributed by atoms with Gasteiger partial charge in [-0.25, -0.2) is 13.2 Å². The van der Waals surface area contributed by atoms with E-state index in [0.717, 1.165) is 22.0 Å². The number of anilines is 1. The summed E-state index contributed by atoms with van der Waals surface area (Å²) >= 11 is 6.21. The molecule has 5 rings (SSSR count). The number of sulfonamides is 1. The van der Waals surface area contributed by atoms with Crippen LogP contribution < -0.4 is 4.90 Å². The zero-order valence-electron chi connectivity index (χ0n) is 16.7. The molecule has 1 amide bonds. The Bertz CT molecular complexity index is 1270. The molecule has 3 aromatic rings. The maximum atomic E-state index is 13.2. The lowest BCUT2D eigenvalue weighted by Crippen LogP contribution is -2.50. The maximum absolute atomic E-state index is 13.2. The minimum atomic E-state index is -3.64. The van der Waals surface area contributed by atoms with Gasteiger partial charge < -0.3 is 4.74 Å². The number of hydrogen-bond acceptors (Lipinski definition) is 4. The molecule has 1 fully saturated rings.